The van der Waals surface area contributed by atoms with Gasteiger partial charge in [0.2, 0.25) is 0 Å². The Bertz CT molecular complexity index is 3530. The highest BCUT2D eigenvalue weighted by molar-refractivity contribution is 5.19. The Labute approximate surface area is 782 Å². The third-order valence-corrected chi connectivity index (χ3v) is 39.6. The SMILES string of the molecule is C1=CC2CC1CC2C1CCCCC1.C1=CC2CCC1C2.CC(C)(C)C1CC2C=CC1C2.CC(C)C1CC2C=CC1C2.CC(C)CC1CC2C=CC1C2.CC1CC2C=CC1C2.CCC(C)C1CC2C=CC1C2.CCC1CC2C=CC1C2.CCCC1CC2C=CC1C2.CCCCC1CC2C=CC1C2.CCCCCC1CC2C=CC1C2.CCCCCCC1CC2C=CC1C2. The van der Waals surface area contributed by atoms with Crippen molar-refractivity contribution in [1.82, 2.24) is 0 Å². The summed E-state index contributed by atoms with van der Waals surface area (Å²) in [4.78, 5) is 0. The molecule has 0 aromatic rings. The van der Waals surface area contributed by atoms with Gasteiger partial charge in [0, 0.05) is 0 Å². The van der Waals surface area contributed by atoms with Crippen molar-refractivity contribution in [3.8, 4) is 0 Å². The molecule has 25 rings (SSSR count). The van der Waals surface area contributed by atoms with E-state index in [1.54, 1.807) is 12.8 Å². The van der Waals surface area contributed by atoms with E-state index in [9.17, 15) is 0 Å². The molecule has 0 nitrogen and oxygen atoms in total. The number of hydrogen-bond acceptors (Lipinski definition) is 0. The molecule has 0 heterocycles. The molecule has 0 spiro atoms. The van der Waals surface area contributed by atoms with E-state index in [-0.39, 0.29) is 0 Å². The normalized spacial score (nSPS) is 42.4. The molecule has 0 N–H and O–H groups in total. The Morgan fingerprint density at radius 3 is 0.881 bits per heavy atom. The fraction of sp³-hybridized carbons (Fsp3) is 0.810. The van der Waals surface area contributed by atoms with Crippen LogP contribution in [0.15, 0.2) is 146 Å². The van der Waals surface area contributed by atoms with Gasteiger partial charge in [0.05, 0.1) is 0 Å². The van der Waals surface area contributed by atoms with Crippen molar-refractivity contribution in [1.29, 1.82) is 0 Å². The summed E-state index contributed by atoms with van der Waals surface area (Å²) in [6.45, 7) is 35.2. The molecule has 126 heavy (non-hydrogen) atoms. The summed E-state index contributed by atoms with van der Waals surface area (Å²) in [5, 5.41) is 0. The molecule has 13 saturated carbocycles. The Morgan fingerprint density at radius 2 is 0.611 bits per heavy atom. The maximum atomic E-state index is 2.52. The van der Waals surface area contributed by atoms with Crippen molar-refractivity contribution in [2.24, 2.45) is 236 Å². The fourth-order valence-corrected chi connectivity index (χ4v) is 32.2. The quantitative estimate of drug-likeness (QED) is 0.0794. The highest BCUT2D eigenvalue weighted by Gasteiger charge is 2.46. The van der Waals surface area contributed by atoms with Crippen molar-refractivity contribution < 1.29 is 0 Å². The van der Waals surface area contributed by atoms with Gasteiger partial charge in [-0.15, -0.1) is 0 Å². The van der Waals surface area contributed by atoms with Crippen LogP contribution in [0.2, 0.25) is 0 Å². The van der Waals surface area contributed by atoms with Crippen LogP contribution in [0.4, 0.5) is 0 Å². The van der Waals surface area contributed by atoms with Crippen LogP contribution in [0.5, 0.6) is 0 Å². The molecular weight excluding hydrogens is 1510 g/mol. The molecule has 0 aromatic heterocycles. The van der Waals surface area contributed by atoms with Gasteiger partial charge in [-0.3, -0.25) is 0 Å². The van der Waals surface area contributed by atoms with Crippen molar-refractivity contribution in [3.63, 3.8) is 0 Å². The second-order valence-electron chi connectivity index (χ2n) is 50.6. The average molecular weight is 1720 g/mol. The van der Waals surface area contributed by atoms with Crippen LogP contribution in [-0.4, -0.2) is 0 Å². The first-order valence-electron chi connectivity index (χ1n) is 57.3. The Kier molecular flexibility index (Phi) is 38.4. The molecule has 0 radical (unpaired) electrons. The first-order chi connectivity index (χ1) is 61.1. The Balaban J connectivity index is 0.000000112. The Morgan fingerprint density at radius 1 is 0.262 bits per heavy atom. The minimum Gasteiger partial charge on any atom is -0.0851 e. The van der Waals surface area contributed by atoms with E-state index in [0.29, 0.717) is 5.41 Å². The molecule has 0 saturated heterocycles. The van der Waals surface area contributed by atoms with Crippen LogP contribution >= 0.6 is 0 Å². The van der Waals surface area contributed by atoms with Gasteiger partial charge < -0.3 is 0 Å². The van der Waals surface area contributed by atoms with Crippen molar-refractivity contribution in [2.45, 2.75) is 406 Å². The van der Waals surface area contributed by atoms with Crippen LogP contribution < -0.4 is 0 Å². The van der Waals surface area contributed by atoms with Crippen LogP contribution in [0, 0.1) is 236 Å². The zero-order valence-corrected chi connectivity index (χ0v) is 85.1. The summed E-state index contributed by atoms with van der Waals surface area (Å²) in [7, 11) is 0. The number of rotatable bonds is 21. The minimum atomic E-state index is 0.532. The molecule has 13 fully saturated rings. The third-order valence-electron chi connectivity index (χ3n) is 39.6. The highest BCUT2D eigenvalue weighted by atomic mass is 14.5. The number of hydrogen-bond donors (Lipinski definition) is 0. The topological polar surface area (TPSA) is 0 Å². The van der Waals surface area contributed by atoms with E-state index in [0.717, 1.165) is 231 Å². The number of allylic oxidation sites excluding steroid dienone is 24. The van der Waals surface area contributed by atoms with Crippen molar-refractivity contribution in [3.05, 3.63) is 146 Å². The standard InChI is InChI=1S/C13H20.C13H22.C12H20.4C11H18.2C10H16.C9H14.C8H12.C7H10/c1-2-4-11(5-3-1)13-9-10-6-7-12(13)8-10;1-2-3-4-5-6-12-9-11-7-8-13(12)10-11;1-2-3-4-5-11-8-10-6-7-12(11)9-10;1-11(2,3)10-7-8-4-5-9(10)6-8;1-8(2)5-11-7-9-3-4-10(11)6-9;1-3-8(2)11-7-9-4-5-10(11)6-9;1-2-3-4-10-7-9-5-6-11(10)8-9;1-7(2)10-6-8-3-4-9(10)5-8;1-2-3-9-6-8-4-5-10(9)7-8;1-2-8-5-7-3-4-9(8)6-7;1-6-4-7-2-3-8(6)5-7;1-2-7-4-3-6(1)5-7/h6-7,10-13H,1-5,8-9H2;7-8,11-13H,2-6,9-10H2,1H3;6-7,10-12H,2-5,8-9H2,1H3;4-5,8-10H,6-7H2,1-3H3;3-4,8-11H,5-7H2,1-2H3;4-5,8-11H,3,6-7H2,1-2H3;5-6,9-11H,2-4,7-8H2,1H3;3-4,7-10H,5-6H2,1-2H3;4-5,8-10H,2-3,6-7H2,1H3;3-4,7-9H,2,5-6H2,1H3;2-3,6-8H,4-5H2,1H3;1-2,6-7H,3-5H2. The van der Waals surface area contributed by atoms with E-state index in [1.807, 2.05) is 0 Å². The fourth-order valence-electron chi connectivity index (χ4n) is 32.2. The van der Waals surface area contributed by atoms with Crippen LogP contribution in [0.3, 0.4) is 0 Å². The smallest absolute Gasteiger partial charge is 0.0194 e. The number of fused-ring (bicyclic) bond motifs is 24. The summed E-state index contributed by atoms with van der Waals surface area (Å²) < 4.78 is 0. The van der Waals surface area contributed by atoms with Gasteiger partial charge in [-0.1, -0.05) is 365 Å². The molecule has 0 aromatic carbocycles. The monoisotopic (exact) mass is 1720 g/mol. The first kappa shape index (κ1) is 98.9. The van der Waals surface area contributed by atoms with E-state index < -0.39 is 0 Å². The molecule has 36 atom stereocenters. The molecule has 706 valence electrons. The summed E-state index contributed by atoms with van der Waals surface area (Å²) in [5.41, 5.74) is 0.532. The lowest BCUT2D eigenvalue weighted by atomic mass is 9.73. The highest BCUT2D eigenvalue weighted by Crippen LogP contribution is 2.56. The molecule has 25 aliphatic rings. The summed E-state index contributed by atoms with van der Waals surface area (Å²) >= 11 is 0. The minimum absolute atomic E-state index is 0.532. The molecule has 0 amide bonds. The van der Waals surface area contributed by atoms with Gasteiger partial charge in [0.15, 0.2) is 0 Å². The first-order valence-corrected chi connectivity index (χ1v) is 57.3. The Hall–Kier alpha value is -3.12. The zero-order chi connectivity index (χ0) is 88.2. The van der Waals surface area contributed by atoms with Gasteiger partial charge in [-0.25, -0.2) is 0 Å². The molecule has 0 aliphatic heterocycles. The molecule has 36 unspecified atom stereocenters. The van der Waals surface area contributed by atoms with E-state index >= 15 is 0 Å². The molecular formula is C126H202. The lowest BCUT2D eigenvalue weighted by Crippen LogP contribution is -2.23. The molecule has 0 heteroatoms. The lowest BCUT2D eigenvalue weighted by molar-refractivity contribution is 0.205. The lowest BCUT2D eigenvalue weighted by Gasteiger charge is -2.32. The predicted molar refractivity (Wildman–Crippen MR) is 550 cm³/mol. The second kappa shape index (κ2) is 48.9. The number of unbranched alkanes of at least 4 members (excludes halogenated alkanes) is 6. The van der Waals surface area contributed by atoms with Crippen LogP contribution in [-0.2, 0) is 0 Å². The van der Waals surface area contributed by atoms with Crippen molar-refractivity contribution in [2.75, 3.05) is 0 Å². The summed E-state index contributed by atoms with van der Waals surface area (Å²) in [6.07, 6.45) is 128. The third kappa shape index (κ3) is 27.8. The van der Waals surface area contributed by atoms with Gasteiger partial charge in [-0.05, 0) is 422 Å². The van der Waals surface area contributed by atoms with Gasteiger partial charge in [0.25, 0.3) is 0 Å². The van der Waals surface area contributed by atoms with Gasteiger partial charge in [-0.2, -0.15) is 0 Å². The van der Waals surface area contributed by atoms with E-state index in [2.05, 4.69) is 250 Å². The van der Waals surface area contributed by atoms with Crippen molar-refractivity contribution >= 4 is 0 Å². The van der Waals surface area contributed by atoms with Gasteiger partial charge >= 0.3 is 0 Å². The van der Waals surface area contributed by atoms with Gasteiger partial charge in [0.1, 0.15) is 0 Å². The second-order valence-corrected chi connectivity index (χ2v) is 50.6. The van der Waals surface area contributed by atoms with E-state index in [1.165, 1.54) is 289 Å². The van der Waals surface area contributed by atoms with E-state index in [4.69, 9.17) is 0 Å². The van der Waals surface area contributed by atoms with Crippen LogP contribution in [0.25, 0.3) is 0 Å². The largest absolute Gasteiger partial charge is 0.0851 e. The van der Waals surface area contributed by atoms with Crippen LogP contribution in [0.1, 0.15) is 406 Å². The summed E-state index contributed by atoms with van der Waals surface area (Å²) in [6, 6.07) is 0. The average Bonchev–Trinajstić information content (AvgIpc) is 1.62. The maximum absolute atomic E-state index is 2.52. The molecule has 25 aliphatic carbocycles. The maximum Gasteiger partial charge on any atom is -0.0194 e. The zero-order valence-electron chi connectivity index (χ0n) is 85.1. The summed E-state index contributed by atoms with van der Waals surface area (Å²) in [5.74, 6) is 38.5. The molecule has 24 bridgehead atoms. The predicted octanol–water partition coefficient (Wildman–Crippen LogP) is 37.5.